The third kappa shape index (κ3) is 3.37. The third-order valence-electron chi connectivity index (χ3n) is 3.31. The van der Waals surface area contributed by atoms with E-state index in [9.17, 15) is 5.11 Å². The Morgan fingerprint density at radius 3 is 2.41 bits per heavy atom. The maximum Gasteiger partial charge on any atom is 0.115 e. The second-order valence-corrected chi connectivity index (χ2v) is 5.26. The van der Waals surface area contributed by atoms with Gasteiger partial charge in [-0.2, -0.15) is 12.6 Å². The maximum absolute atomic E-state index is 9.24. The smallest absolute Gasteiger partial charge is 0.115 e. The SMILES string of the molecule is N[C@H](CN1CCCC1)[C@H](S)c1ccc(O)cc1. The molecule has 0 unspecified atom stereocenters. The van der Waals surface area contributed by atoms with E-state index in [4.69, 9.17) is 5.73 Å². The lowest BCUT2D eigenvalue weighted by atomic mass is 10.1. The summed E-state index contributed by atoms with van der Waals surface area (Å²) >= 11 is 4.59. The third-order valence-corrected chi connectivity index (χ3v) is 3.99. The van der Waals surface area contributed by atoms with Gasteiger partial charge in [0.1, 0.15) is 5.75 Å². The summed E-state index contributed by atoms with van der Waals surface area (Å²) in [5.74, 6) is 0.280. The first-order valence-corrected chi connectivity index (χ1v) is 6.63. The number of phenolic OH excluding ortho intramolecular Hbond substituents is 1. The summed E-state index contributed by atoms with van der Waals surface area (Å²) < 4.78 is 0. The van der Waals surface area contributed by atoms with Crippen LogP contribution >= 0.6 is 12.6 Å². The van der Waals surface area contributed by atoms with Gasteiger partial charge in [-0.25, -0.2) is 0 Å². The number of rotatable bonds is 4. The van der Waals surface area contributed by atoms with Crippen LogP contribution in [0, 0.1) is 0 Å². The van der Waals surface area contributed by atoms with Crippen LogP contribution in [0.25, 0.3) is 0 Å². The highest BCUT2D eigenvalue weighted by Crippen LogP contribution is 2.25. The lowest BCUT2D eigenvalue weighted by Gasteiger charge is -2.24. The summed E-state index contributed by atoms with van der Waals surface area (Å²) in [4.78, 5) is 2.40. The molecule has 2 rings (SSSR count). The monoisotopic (exact) mass is 252 g/mol. The number of phenols is 1. The van der Waals surface area contributed by atoms with Crippen molar-refractivity contribution < 1.29 is 5.11 Å². The van der Waals surface area contributed by atoms with Crippen molar-refractivity contribution in [3.63, 3.8) is 0 Å². The highest BCUT2D eigenvalue weighted by Gasteiger charge is 2.20. The van der Waals surface area contributed by atoms with E-state index in [1.165, 1.54) is 12.8 Å². The maximum atomic E-state index is 9.24. The van der Waals surface area contributed by atoms with Gasteiger partial charge in [0, 0.05) is 17.8 Å². The van der Waals surface area contributed by atoms with Crippen molar-refractivity contribution in [2.45, 2.75) is 24.1 Å². The van der Waals surface area contributed by atoms with Crippen LogP contribution in [-0.4, -0.2) is 35.7 Å². The molecule has 3 N–H and O–H groups in total. The van der Waals surface area contributed by atoms with Gasteiger partial charge in [-0.15, -0.1) is 0 Å². The van der Waals surface area contributed by atoms with Crippen LogP contribution in [0.5, 0.6) is 5.75 Å². The molecule has 1 aromatic carbocycles. The first kappa shape index (κ1) is 12.7. The lowest BCUT2D eigenvalue weighted by molar-refractivity contribution is 0.312. The van der Waals surface area contributed by atoms with Crippen LogP contribution in [0.15, 0.2) is 24.3 Å². The summed E-state index contributed by atoms with van der Waals surface area (Å²) in [6.45, 7) is 3.21. The molecule has 1 aliphatic rings. The largest absolute Gasteiger partial charge is 0.508 e. The van der Waals surface area contributed by atoms with Crippen molar-refractivity contribution in [2.24, 2.45) is 5.73 Å². The van der Waals surface area contributed by atoms with Gasteiger partial charge in [0.25, 0.3) is 0 Å². The Kier molecular flexibility index (Phi) is 4.31. The molecular weight excluding hydrogens is 232 g/mol. The highest BCUT2D eigenvalue weighted by molar-refractivity contribution is 7.80. The van der Waals surface area contributed by atoms with Crippen LogP contribution < -0.4 is 5.73 Å². The van der Waals surface area contributed by atoms with Gasteiger partial charge in [-0.3, -0.25) is 0 Å². The lowest BCUT2D eigenvalue weighted by Crippen LogP contribution is -2.38. The van der Waals surface area contributed by atoms with Crippen molar-refractivity contribution in [1.29, 1.82) is 0 Å². The Hall–Kier alpha value is -0.710. The number of likely N-dealkylation sites (tertiary alicyclic amines) is 1. The second-order valence-electron chi connectivity index (χ2n) is 4.71. The zero-order valence-corrected chi connectivity index (χ0v) is 10.8. The number of thiol groups is 1. The molecule has 4 heteroatoms. The van der Waals surface area contributed by atoms with Crippen LogP contribution in [0.3, 0.4) is 0 Å². The molecule has 0 amide bonds. The van der Waals surface area contributed by atoms with E-state index in [1.807, 2.05) is 12.1 Å². The van der Waals surface area contributed by atoms with Crippen LogP contribution in [0.1, 0.15) is 23.7 Å². The van der Waals surface area contributed by atoms with Gasteiger partial charge in [-0.1, -0.05) is 12.1 Å². The molecule has 3 nitrogen and oxygen atoms in total. The number of nitrogens with zero attached hydrogens (tertiary/aromatic N) is 1. The number of hydrogen-bond acceptors (Lipinski definition) is 4. The average Bonchev–Trinajstić information content (AvgIpc) is 2.82. The van der Waals surface area contributed by atoms with E-state index in [0.29, 0.717) is 0 Å². The zero-order valence-electron chi connectivity index (χ0n) is 9.92. The predicted octanol–water partition coefficient (Wildman–Crippen LogP) is 1.79. The summed E-state index contributed by atoms with van der Waals surface area (Å²) in [6.07, 6.45) is 2.56. The minimum Gasteiger partial charge on any atom is -0.508 e. The van der Waals surface area contributed by atoms with Gasteiger partial charge in [0.15, 0.2) is 0 Å². The minimum atomic E-state index is 0.0243. The van der Waals surface area contributed by atoms with Crippen LogP contribution in [0.2, 0.25) is 0 Å². The van der Waals surface area contributed by atoms with Gasteiger partial charge >= 0.3 is 0 Å². The van der Waals surface area contributed by atoms with E-state index in [2.05, 4.69) is 17.5 Å². The molecule has 1 aromatic rings. The molecule has 0 bridgehead atoms. The Morgan fingerprint density at radius 2 is 1.82 bits per heavy atom. The Labute approximate surface area is 108 Å². The van der Waals surface area contributed by atoms with Gasteiger partial charge < -0.3 is 15.7 Å². The zero-order chi connectivity index (χ0) is 12.3. The molecule has 17 heavy (non-hydrogen) atoms. The van der Waals surface area contributed by atoms with Crippen molar-refractivity contribution in [2.75, 3.05) is 19.6 Å². The number of aromatic hydroxyl groups is 1. The molecule has 0 saturated carbocycles. The fraction of sp³-hybridized carbons (Fsp3) is 0.538. The van der Waals surface area contributed by atoms with Gasteiger partial charge in [-0.05, 0) is 43.6 Å². The normalized spacial score (nSPS) is 20.4. The molecule has 2 atom stereocenters. The molecule has 0 spiro atoms. The second kappa shape index (κ2) is 5.76. The first-order chi connectivity index (χ1) is 8.16. The Morgan fingerprint density at radius 1 is 1.24 bits per heavy atom. The van der Waals surface area contributed by atoms with Gasteiger partial charge in [0.05, 0.1) is 0 Å². The van der Waals surface area contributed by atoms with Crippen molar-refractivity contribution in [3.8, 4) is 5.75 Å². The molecule has 0 radical (unpaired) electrons. The molecule has 0 aromatic heterocycles. The molecule has 1 aliphatic heterocycles. The quantitative estimate of drug-likeness (QED) is 0.716. The average molecular weight is 252 g/mol. The fourth-order valence-electron chi connectivity index (χ4n) is 2.28. The summed E-state index contributed by atoms with van der Waals surface area (Å²) in [5.41, 5.74) is 7.25. The van der Waals surface area contributed by atoms with E-state index >= 15 is 0 Å². The molecule has 1 heterocycles. The molecular formula is C13H20N2OS. The summed E-state index contributed by atoms with van der Waals surface area (Å²) in [5, 5.41) is 9.27. The van der Waals surface area contributed by atoms with Crippen LogP contribution in [0.4, 0.5) is 0 Å². The first-order valence-electron chi connectivity index (χ1n) is 6.12. The Bertz CT molecular complexity index is 349. The van der Waals surface area contributed by atoms with Crippen LogP contribution in [-0.2, 0) is 0 Å². The molecule has 1 saturated heterocycles. The van der Waals surface area contributed by atoms with Crippen molar-refractivity contribution >= 4 is 12.6 Å². The molecule has 0 aliphatic carbocycles. The number of hydrogen-bond donors (Lipinski definition) is 3. The van der Waals surface area contributed by atoms with Crippen molar-refractivity contribution in [3.05, 3.63) is 29.8 Å². The van der Waals surface area contributed by atoms with Crippen molar-refractivity contribution in [1.82, 2.24) is 4.90 Å². The number of benzene rings is 1. The van der Waals surface area contributed by atoms with E-state index in [1.54, 1.807) is 12.1 Å². The standard InChI is InChI=1S/C13H20N2OS/c14-12(9-15-7-1-2-8-15)13(17)10-3-5-11(16)6-4-10/h3-6,12-13,16-17H,1-2,7-9,14H2/t12-,13-/m1/s1. The van der Waals surface area contributed by atoms with E-state index in [-0.39, 0.29) is 17.0 Å². The summed E-state index contributed by atoms with van der Waals surface area (Å²) in [7, 11) is 0. The minimum absolute atomic E-state index is 0.0243. The highest BCUT2D eigenvalue weighted by atomic mass is 32.1. The van der Waals surface area contributed by atoms with E-state index < -0.39 is 0 Å². The predicted molar refractivity (Wildman–Crippen MR) is 73.5 cm³/mol. The topological polar surface area (TPSA) is 49.5 Å². The molecule has 1 fully saturated rings. The molecule has 94 valence electrons. The number of nitrogens with two attached hydrogens (primary N) is 1. The fourth-order valence-corrected chi connectivity index (χ4v) is 2.55. The van der Waals surface area contributed by atoms with E-state index in [0.717, 1.165) is 25.2 Å². The Balaban J connectivity index is 1.93. The van der Waals surface area contributed by atoms with Gasteiger partial charge in [0.2, 0.25) is 0 Å². The summed E-state index contributed by atoms with van der Waals surface area (Å²) in [6, 6.07) is 7.16.